The number of rotatable bonds is 6. The summed E-state index contributed by atoms with van der Waals surface area (Å²) in [6.07, 6.45) is 1.46. The van der Waals surface area contributed by atoms with Crippen LogP contribution in [0.2, 0.25) is 5.02 Å². The van der Waals surface area contributed by atoms with E-state index in [1.807, 2.05) is 42.5 Å². The molecule has 3 aromatic rings. The standard InChI is InChI=1S/C19H15BrClN3O2/c20-14-3-7-16(8-4-14)22-12-19(25)24-23-11-17-9-10-18(26-17)13-1-5-15(21)6-2-13/h1-11,22H,12H2,(H,24,25)/b23-11-. The minimum absolute atomic E-state index is 0.118. The molecule has 132 valence electrons. The van der Waals surface area contributed by atoms with E-state index in [9.17, 15) is 4.79 Å². The number of nitrogens with one attached hydrogen (secondary N) is 2. The minimum Gasteiger partial charge on any atom is -0.455 e. The molecule has 0 aliphatic carbocycles. The summed E-state index contributed by atoms with van der Waals surface area (Å²) in [4.78, 5) is 11.8. The van der Waals surface area contributed by atoms with Gasteiger partial charge in [0.2, 0.25) is 0 Å². The smallest absolute Gasteiger partial charge is 0.259 e. The predicted molar refractivity (Wildman–Crippen MR) is 108 cm³/mol. The number of hydrogen-bond donors (Lipinski definition) is 2. The number of hydrogen-bond acceptors (Lipinski definition) is 4. The maximum absolute atomic E-state index is 11.8. The lowest BCUT2D eigenvalue weighted by atomic mass is 10.2. The van der Waals surface area contributed by atoms with Crippen molar-refractivity contribution in [2.75, 3.05) is 11.9 Å². The summed E-state index contributed by atoms with van der Waals surface area (Å²) in [5, 5.41) is 7.58. The molecule has 3 rings (SSSR count). The molecule has 2 N–H and O–H groups in total. The molecule has 0 aliphatic rings. The summed E-state index contributed by atoms with van der Waals surface area (Å²) in [7, 11) is 0. The first-order valence-corrected chi connectivity index (χ1v) is 8.94. The summed E-state index contributed by atoms with van der Waals surface area (Å²) in [5.74, 6) is 0.983. The first kappa shape index (κ1) is 18.2. The van der Waals surface area contributed by atoms with Crippen LogP contribution in [0.25, 0.3) is 11.3 Å². The summed E-state index contributed by atoms with van der Waals surface area (Å²) in [6, 6.07) is 18.5. The lowest BCUT2D eigenvalue weighted by Gasteiger charge is -2.04. The number of hydrazone groups is 1. The fraction of sp³-hybridized carbons (Fsp3) is 0.0526. The van der Waals surface area contributed by atoms with Gasteiger partial charge in [-0.05, 0) is 60.7 Å². The number of furan rings is 1. The van der Waals surface area contributed by atoms with E-state index in [0.717, 1.165) is 15.7 Å². The Labute approximate surface area is 164 Å². The Hall–Kier alpha value is -2.57. The second-order valence-corrected chi connectivity index (χ2v) is 6.71. The second kappa shape index (κ2) is 8.69. The number of carbonyl (C=O) groups excluding carboxylic acids is 1. The lowest BCUT2D eigenvalue weighted by Crippen LogP contribution is -2.25. The molecule has 0 spiro atoms. The fourth-order valence-corrected chi connectivity index (χ4v) is 2.54. The normalized spacial score (nSPS) is 10.8. The van der Waals surface area contributed by atoms with Crippen molar-refractivity contribution in [3.8, 4) is 11.3 Å². The van der Waals surface area contributed by atoms with E-state index >= 15 is 0 Å². The molecule has 0 saturated carbocycles. The number of benzene rings is 2. The van der Waals surface area contributed by atoms with Crippen molar-refractivity contribution >= 4 is 45.3 Å². The van der Waals surface area contributed by atoms with Gasteiger partial charge in [-0.1, -0.05) is 27.5 Å². The fourth-order valence-electron chi connectivity index (χ4n) is 2.15. The molecule has 1 amide bonds. The Balaban J connectivity index is 1.49. The van der Waals surface area contributed by atoms with E-state index in [0.29, 0.717) is 16.5 Å². The van der Waals surface area contributed by atoms with Crippen LogP contribution in [-0.4, -0.2) is 18.7 Å². The van der Waals surface area contributed by atoms with E-state index in [1.165, 1.54) is 6.21 Å². The summed E-state index contributed by atoms with van der Waals surface area (Å²) < 4.78 is 6.65. The average molecular weight is 433 g/mol. The van der Waals surface area contributed by atoms with Gasteiger partial charge in [-0.25, -0.2) is 5.43 Å². The van der Waals surface area contributed by atoms with Crippen molar-refractivity contribution in [3.05, 3.63) is 75.9 Å². The van der Waals surface area contributed by atoms with Gasteiger partial charge in [0.25, 0.3) is 5.91 Å². The van der Waals surface area contributed by atoms with Gasteiger partial charge in [-0.3, -0.25) is 4.79 Å². The minimum atomic E-state index is -0.256. The van der Waals surface area contributed by atoms with Gasteiger partial charge >= 0.3 is 0 Å². The molecule has 1 aromatic heterocycles. The molecular formula is C19H15BrClN3O2. The molecule has 0 saturated heterocycles. The molecule has 2 aromatic carbocycles. The van der Waals surface area contributed by atoms with Crippen LogP contribution < -0.4 is 10.7 Å². The molecule has 7 heteroatoms. The van der Waals surface area contributed by atoms with E-state index in [-0.39, 0.29) is 12.5 Å². The number of anilines is 1. The van der Waals surface area contributed by atoms with Crippen molar-refractivity contribution in [2.45, 2.75) is 0 Å². The Morgan fingerprint density at radius 1 is 1.08 bits per heavy atom. The molecule has 5 nitrogen and oxygen atoms in total. The highest BCUT2D eigenvalue weighted by Crippen LogP contribution is 2.23. The van der Waals surface area contributed by atoms with Gasteiger partial charge in [0, 0.05) is 20.7 Å². The van der Waals surface area contributed by atoms with Gasteiger partial charge in [-0.15, -0.1) is 0 Å². The van der Waals surface area contributed by atoms with E-state index in [1.54, 1.807) is 18.2 Å². The molecule has 0 bridgehead atoms. The Bertz CT molecular complexity index is 905. The quantitative estimate of drug-likeness (QED) is 0.429. The topological polar surface area (TPSA) is 66.6 Å². The monoisotopic (exact) mass is 431 g/mol. The summed E-state index contributed by atoms with van der Waals surface area (Å²) >= 11 is 9.24. The van der Waals surface area contributed by atoms with Crippen molar-refractivity contribution in [1.29, 1.82) is 0 Å². The third-order valence-electron chi connectivity index (χ3n) is 3.43. The first-order valence-electron chi connectivity index (χ1n) is 7.77. The first-order chi connectivity index (χ1) is 12.6. The Kier molecular flexibility index (Phi) is 6.09. The van der Waals surface area contributed by atoms with Gasteiger partial charge in [-0.2, -0.15) is 5.10 Å². The lowest BCUT2D eigenvalue weighted by molar-refractivity contribution is -0.119. The van der Waals surface area contributed by atoms with Crippen LogP contribution in [0.4, 0.5) is 5.69 Å². The SMILES string of the molecule is O=C(CNc1ccc(Br)cc1)N/N=C\c1ccc(-c2ccc(Cl)cc2)o1. The van der Waals surface area contributed by atoms with Crippen LogP contribution >= 0.6 is 27.5 Å². The number of halogens is 2. The van der Waals surface area contributed by atoms with E-state index in [2.05, 4.69) is 31.8 Å². The molecule has 0 fully saturated rings. The Morgan fingerprint density at radius 3 is 2.54 bits per heavy atom. The van der Waals surface area contributed by atoms with E-state index < -0.39 is 0 Å². The molecule has 26 heavy (non-hydrogen) atoms. The van der Waals surface area contributed by atoms with Crippen molar-refractivity contribution < 1.29 is 9.21 Å². The highest BCUT2D eigenvalue weighted by atomic mass is 79.9. The number of nitrogens with zero attached hydrogens (tertiary/aromatic N) is 1. The van der Waals surface area contributed by atoms with Gasteiger partial charge in [0.1, 0.15) is 11.5 Å². The predicted octanol–water partition coefficient (Wildman–Crippen LogP) is 4.92. The number of carbonyl (C=O) groups is 1. The van der Waals surface area contributed by atoms with E-state index in [4.69, 9.17) is 16.0 Å². The molecule has 0 unspecified atom stereocenters. The zero-order chi connectivity index (χ0) is 18.4. The average Bonchev–Trinajstić information content (AvgIpc) is 3.11. The van der Waals surface area contributed by atoms with Crippen LogP contribution in [-0.2, 0) is 4.79 Å². The molecule has 0 atom stereocenters. The van der Waals surface area contributed by atoms with Gasteiger partial charge < -0.3 is 9.73 Å². The summed E-state index contributed by atoms with van der Waals surface area (Å²) in [5.41, 5.74) is 4.22. The van der Waals surface area contributed by atoms with Crippen molar-refractivity contribution in [1.82, 2.24) is 5.43 Å². The van der Waals surface area contributed by atoms with Crippen LogP contribution in [0.5, 0.6) is 0 Å². The highest BCUT2D eigenvalue weighted by Gasteiger charge is 2.04. The van der Waals surface area contributed by atoms with Gasteiger partial charge in [0.15, 0.2) is 0 Å². The van der Waals surface area contributed by atoms with Crippen LogP contribution in [0.3, 0.4) is 0 Å². The van der Waals surface area contributed by atoms with Crippen LogP contribution in [0.1, 0.15) is 5.76 Å². The molecule has 1 heterocycles. The molecule has 0 radical (unpaired) electrons. The zero-order valence-electron chi connectivity index (χ0n) is 13.6. The second-order valence-electron chi connectivity index (χ2n) is 5.36. The van der Waals surface area contributed by atoms with Gasteiger partial charge in [0.05, 0.1) is 12.8 Å². The summed E-state index contributed by atoms with van der Waals surface area (Å²) in [6.45, 7) is 0.118. The van der Waals surface area contributed by atoms with Crippen LogP contribution in [0, 0.1) is 0 Å². The highest BCUT2D eigenvalue weighted by molar-refractivity contribution is 9.10. The van der Waals surface area contributed by atoms with Crippen molar-refractivity contribution in [3.63, 3.8) is 0 Å². The molecule has 0 aliphatic heterocycles. The maximum Gasteiger partial charge on any atom is 0.259 e. The Morgan fingerprint density at radius 2 is 1.81 bits per heavy atom. The van der Waals surface area contributed by atoms with Crippen molar-refractivity contribution in [2.24, 2.45) is 5.10 Å². The molecular weight excluding hydrogens is 418 g/mol. The maximum atomic E-state index is 11.8. The number of amides is 1. The zero-order valence-corrected chi connectivity index (χ0v) is 15.9. The van der Waals surface area contributed by atoms with Crippen LogP contribution in [0.15, 0.2) is 74.7 Å². The third kappa shape index (κ3) is 5.21. The largest absolute Gasteiger partial charge is 0.455 e. The third-order valence-corrected chi connectivity index (χ3v) is 4.21.